The Labute approximate surface area is 198 Å². The SMILES string of the molecule is O=C(Nc1nc(C23CC4CC(CC(C4)C2)C3)cs1)C12C[C@H]3C[C@@H](C1)CC(n1ncnn1)(C3)C2. The molecule has 8 aliphatic carbocycles. The highest BCUT2D eigenvalue weighted by atomic mass is 32.1. The lowest BCUT2D eigenvalue weighted by atomic mass is 9.46. The van der Waals surface area contributed by atoms with Gasteiger partial charge in [0.1, 0.15) is 0 Å². The van der Waals surface area contributed by atoms with Gasteiger partial charge in [-0.25, -0.2) is 4.98 Å². The predicted octanol–water partition coefficient (Wildman–Crippen LogP) is 4.53. The molecule has 0 aliphatic heterocycles. The van der Waals surface area contributed by atoms with Crippen molar-refractivity contribution in [3.05, 3.63) is 17.4 Å². The van der Waals surface area contributed by atoms with E-state index in [0.717, 1.165) is 55.0 Å². The van der Waals surface area contributed by atoms with Gasteiger partial charge < -0.3 is 5.32 Å². The summed E-state index contributed by atoms with van der Waals surface area (Å²) in [6, 6.07) is 0. The molecule has 7 nitrogen and oxygen atoms in total. The van der Waals surface area contributed by atoms with Crippen LogP contribution in [0.1, 0.15) is 82.7 Å². The molecule has 10 rings (SSSR count). The molecule has 2 heterocycles. The monoisotopic (exact) mass is 464 g/mol. The highest BCUT2D eigenvalue weighted by molar-refractivity contribution is 7.14. The number of carbonyl (C=O) groups is 1. The van der Waals surface area contributed by atoms with Crippen molar-refractivity contribution in [2.75, 3.05) is 5.32 Å². The number of nitrogens with zero attached hydrogens (tertiary/aromatic N) is 5. The number of carbonyl (C=O) groups excluding carboxylic acids is 1. The van der Waals surface area contributed by atoms with Crippen LogP contribution in [-0.2, 0) is 15.7 Å². The molecule has 1 amide bonds. The second kappa shape index (κ2) is 6.43. The maximum atomic E-state index is 13.8. The molecule has 2 aromatic heterocycles. The maximum absolute atomic E-state index is 13.8. The summed E-state index contributed by atoms with van der Waals surface area (Å²) in [4.78, 5) is 20.7. The summed E-state index contributed by atoms with van der Waals surface area (Å²) in [5.41, 5.74) is 1.11. The van der Waals surface area contributed by atoms with Crippen LogP contribution in [0, 0.1) is 35.0 Å². The summed E-state index contributed by atoms with van der Waals surface area (Å²) >= 11 is 1.64. The van der Waals surface area contributed by atoms with Crippen molar-refractivity contribution in [2.24, 2.45) is 35.0 Å². The molecule has 1 N–H and O–H groups in total. The number of thiazole rings is 1. The van der Waals surface area contributed by atoms with E-state index in [9.17, 15) is 4.79 Å². The summed E-state index contributed by atoms with van der Waals surface area (Å²) in [5.74, 6) is 4.08. The zero-order valence-electron chi connectivity index (χ0n) is 19.1. The summed E-state index contributed by atoms with van der Waals surface area (Å²) in [7, 11) is 0. The molecule has 4 atom stereocenters. The van der Waals surface area contributed by atoms with E-state index < -0.39 is 0 Å². The van der Waals surface area contributed by atoms with Crippen molar-refractivity contribution in [1.29, 1.82) is 0 Å². The van der Waals surface area contributed by atoms with Gasteiger partial charge in [-0.15, -0.1) is 21.5 Å². The summed E-state index contributed by atoms with van der Waals surface area (Å²) in [6.45, 7) is 0. The van der Waals surface area contributed by atoms with Crippen molar-refractivity contribution >= 4 is 22.4 Å². The lowest BCUT2D eigenvalue weighted by Gasteiger charge is -2.60. The van der Waals surface area contributed by atoms with Gasteiger partial charge in [0.25, 0.3) is 0 Å². The number of hydrogen-bond donors (Lipinski definition) is 1. The number of nitrogens with one attached hydrogen (secondary N) is 1. The van der Waals surface area contributed by atoms with Gasteiger partial charge in [0.2, 0.25) is 5.91 Å². The van der Waals surface area contributed by atoms with Gasteiger partial charge in [0.05, 0.1) is 16.6 Å². The first-order valence-corrected chi connectivity index (χ1v) is 13.9. The molecule has 0 saturated heterocycles. The molecule has 8 aliphatic rings. The second-order valence-electron chi connectivity index (χ2n) is 12.9. The zero-order valence-corrected chi connectivity index (χ0v) is 19.9. The first kappa shape index (κ1) is 19.5. The Morgan fingerprint density at radius 2 is 1.61 bits per heavy atom. The smallest absolute Gasteiger partial charge is 0.232 e. The fourth-order valence-corrected chi connectivity index (χ4v) is 11.2. The summed E-state index contributed by atoms with van der Waals surface area (Å²) < 4.78 is 0. The first-order chi connectivity index (χ1) is 16.0. The van der Waals surface area contributed by atoms with Crippen molar-refractivity contribution in [3.63, 3.8) is 0 Å². The number of aromatic nitrogens is 5. The second-order valence-corrected chi connectivity index (χ2v) is 13.7. The minimum Gasteiger partial charge on any atom is -0.301 e. The molecular weight excluding hydrogens is 432 g/mol. The van der Waals surface area contributed by atoms with Crippen molar-refractivity contribution in [3.8, 4) is 0 Å². The fourth-order valence-electron chi connectivity index (χ4n) is 10.3. The maximum Gasteiger partial charge on any atom is 0.232 e. The highest BCUT2D eigenvalue weighted by Crippen LogP contribution is 2.64. The Morgan fingerprint density at radius 1 is 0.939 bits per heavy atom. The summed E-state index contributed by atoms with van der Waals surface area (Å²) in [5, 5.41) is 19.1. The van der Waals surface area contributed by atoms with Crippen molar-refractivity contribution in [1.82, 2.24) is 25.2 Å². The van der Waals surface area contributed by atoms with Crippen LogP contribution < -0.4 is 5.32 Å². The van der Waals surface area contributed by atoms with Crippen molar-refractivity contribution in [2.45, 2.75) is 88.0 Å². The van der Waals surface area contributed by atoms with E-state index in [2.05, 4.69) is 26.1 Å². The van der Waals surface area contributed by atoms with E-state index in [1.165, 1.54) is 57.0 Å². The van der Waals surface area contributed by atoms with E-state index in [4.69, 9.17) is 4.98 Å². The molecule has 8 bridgehead atoms. The lowest BCUT2D eigenvalue weighted by Crippen LogP contribution is -2.60. The molecule has 2 aromatic rings. The molecule has 8 saturated carbocycles. The van der Waals surface area contributed by atoms with Crippen LogP contribution in [0.4, 0.5) is 5.13 Å². The number of hydrogen-bond acceptors (Lipinski definition) is 6. The Hall–Kier alpha value is -1.83. The predicted molar refractivity (Wildman–Crippen MR) is 123 cm³/mol. The van der Waals surface area contributed by atoms with Crippen LogP contribution in [0.2, 0.25) is 0 Å². The van der Waals surface area contributed by atoms with E-state index in [1.54, 1.807) is 11.3 Å². The Balaban J connectivity index is 1.06. The largest absolute Gasteiger partial charge is 0.301 e. The van der Waals surface area contributed by atoms with Gasteiger partial charge in [-0.3, -0.25) is 4.79 Å². The number of rotatable bonds is 4. The Bertz CT molecular complexity index is 1060. The van der Waals surface area contributed by atoms with Crippen LogP contribution in [0.15, 0.2) is 11.7 Å². The molecule has 33 heavy (non-hydrogen) atoms. The highest BCUT2D eigenvalue weighted by Gasteiger charge is 2.62. The van der Waals surface area contributed by atoms with Gasteiger partial charge >= 0.3 is 0 Å². The van der Waals surface area contributed by atoms with Crippen LogP contribution in [0.3, 0.4) is 0 Å². The molecule has 8 fully saturated rings. The quantitative estimate of drug-likeness (QED) is 0.718. The zero-order chi connectivity index (χ0) is 21.8. The number of amides is 1. The van der Waals surface area contributed by atoms with Gasteiger partial charge in [-0.1, -0.05) is 0 Å². The van der Waals surface area contributed by atoms with Gasteiger partial charge in [-0.2, -0.15) is 4.80 Å². The molecule has 0 spiro atoms. The van der Waals surface area contributed by atoms with Gasteiger partial charge in [0, 0.05) is 10.8 Å². The van der Waals surface area contributed by atoms with Crippen LogP contribution in [0.5, 0.6) is 0 Å². The topological polar surface area (TPSA) is 85.6 Å². The average molecular weight is 465 g/mol. The third kappa shape index (κ3) is 2.76. The van der Waals surface area contributed by atoms with Crippen LogP contribution in [-0.4, -0.2) is 31.1 Å². The number of tetrazole rings is 1. The lowest BCUT2D eigenvalue weighted by molar-refractivity contribution is -0.152. The van der Waals surface area contributed by atoms with Gasteiger partial charge in [-0.05, 0) is 112 Å². The standard InChI is InChI=1S/C25H32N6OS/c32-21(24-8-18-4-19(9-24)11-25(10-18,13-24)31-27-14-26-30-31)29-22-28-20(12-33-22)23-5-15-1-16(6-23)3-17(2-15)7-23/h12,14-19H,1-11,13H2,(H,28,29,32)/t15?,16?,17?,18-,19+,23?,24?,25?. The molecule has 174 valence electrons. The minimum absolute atomic E-state index is 0.134. The molecule has 2 unspecified atom stereocenters. The van der Waals surface area contributed by atoms with Crippen LogP contribution in [0.25, 0.3) is 0 Å². The molecule has 8 heteroatoms. The average Bonchev–Trinajstić information content (AvgIpc) is 3.45. The summed E-state index contributed by atoms with van der Waals surface area (Å²) in [6.07, 6.45) is 16.1. The Morgan fingerprint density at radius 3 is 2.24 bits per heavy atom. The van der Waals surface area contributed by atoms with E-state index >= 15 is 0 Å². The van der Waals surface area contributed by atoms with E-state index in [0.29, 0.717) is 11.8 Å². The normalized spacial score (nSPS) is 46.7. The van der Waals surface area contributed by atoms with Crippen LogP contribution >= 0.6 is 11.3 Å². The molecular formula is C25H32N6OS. The van der Waals surface area contributed by atoms with E-state index in [1.807, 2.05) is 4.80 Å². The third-order valence-corrected chi connectivity index (χ3v) is 11.3. The van der Waals surface area contributed by atoms with Gasteiger partial charge in [0.15, 0.2) is 11.5 Å². The molecule has 0 radical (unpaired) electrons. The van der Waals surface area contributed by atoms with E-state index in [-0.39, 0.29) is 22.3 Å². The van der Waals surface area contributed by atoms with Crippen molar-refractivity contribution < 1.29 is 4.79 Å². The third-order valence-electron chi connectivity index (χ3n) is 10.6. The minimum atomic E-state index is -0.315. The first-order valence-electron chi connectivity index (χ1n) is 13.0. The number of anilines is 1. The molecule has 0 aromatic carbocycles. The fraction of sp³-hybridized carbons (Fsp3) is 0.800. The Kier molecular flexibility index (Phi) is 3.80.